The summed E-state index contributed by atoms with van der Waals surface area (Å²) < 4.78 is 15.6. The maximum atomic E-state index is 12.0. The van der Waals surface area contributed by atoms with Crippen molar-refractivity contribution < 1.29 is 24.1 Å². The molecule has 6 nitrogen and oxygen atoms in total. The summed E-state index contributed by atoms with van der Waals surface area (Å²) in [7, 11) is 1.35. The van der Waals surface area contributed by atoms with Gasteiger partial charge in [0.05, 0.1) is 19.0 Å². The summed E-state index contributed by atoms with van der Waals surface area (Å²) in [5.41, 5.74) is 2.33. The number of carbonyl (C=O) groups excluding carboxylic acids is 1. The van der Waals surface area contributed by atoms with E-state index in [1.807, 2.05) is 30.3 Å². The highest BCUT2D eigenvalue weighted by atomic mass is 16.7. The minimum atomic E-state index is -0.387. The molecule has 0 bridgehead atoms. The Bertz CT molecular complexity index is 985. The number of fused-ring (bicyclic) bond motifs is 2. The molecule has 3 aromatic rings. The van der Waals surface area contributed by atoms with Crippen molar-refractivity contribution in [3.63, 3.8) is 0 Å². The van der Waals surface area contributed by atoms with Crippen LogP contribution in [0.5, 0.6) is 17.2 Å². The second-order valence-electron chi connectivity index (χ2n) is 6.05. The van der Waals surface area contributed by atoms with E-state index in [0.29, 0.717) is 17.1 Å². The molecule has 0 saturated carbocycles. The molecule has 26 heavy (non-hydrogen) atoms. The Labute approximate surface area is 150 Å². The van der Waals surface area contributed by atoms with Gasteiger partial charge in [0.1, 0.15) is 5.75 Å². The quantitative estimate of drug-likeness (QED) is 0.726. The molecule has 0 fully saturated rings. The normalized spacial score (nSPS) is 13.6. The lowest BCUT2D eigenvalue weighted by molar-refractivity contribution is -0.140. The van der Waals surface area contributed by atoms with E-state index in [-0.39, 0.29) is 30.9 Å². The third-order valence-corrected chi connectivity index (χ3v) is 4.53. The van der Waals surface area contributed by atoms with E-state index in [1.165, 1.54) is 13.2 Å². The fourth-order valence-corrected chi connectivity index (χ4v) is 3.19. The number of carbonyl (C=O) groups is 1. The van der Waals surface area contributed by atoms with Gasteiger partial charge in [-0.25, -0.2) is 0 Å². The van der Waals surface area contributed by atoms with Crippen molar-refractivity contribution in [1.82, 2.24) is 4.98 Å². The number of aromatic hydroxyl groups is 1. The number of benzene rings is 2. The number of nitrogens with zero attached hydrogens (tertiary/aromatic N) is 1. The van der Waals surface area contributed by atoms with Crippen LogP contribution in [0, 0.1) is 0 Å². The average Bonchev–Trinajstić information content (AvgIpc) is 3.12. The Balaban J connectivity index is 1.82. The Kier molecular flexibility index (Phi) is 4.08. The van der Waals surface area contributed by atoms with E-state index in [1.54, 1.807) is 12.3 Å². The molecule has 0 saturated heterocycles. The van der Waals surface area contributed by atoms with Gasteiger partial charge in [-0.05, 0) is 29.8 Å². The largest absolute Gasteiger partial charge is 0.508 e. The van der Waals surface area contributed by atoms with Gasteiger partial charge in [0.25, 0.3) is 0 Å². The first kappa shape index (κ1) is 16.2. The van der Waals surface area contributed by atoms with Crippen molar-refractivity contribution in [2.45, 2.75) is 12.3 Å². The molecule has 1 unspecified atom stereocenters. The minimum absolute atomic E-state index is 0.0504. The molecule has 1 aliphatic rings. The van der Waals surface area contributed by atoms with Crippen LogP contribution in [0.15, 0.2) is 48.7 Å². The van der Waals surface area contributed by atoms with Crippen LogP contribution >= 0.6 is 0 Å². The van der Waals surface area contributed by atoms with Crippen molar-refractivity contribution in [3.8, 4) is 17.2 Å². The molecule has 2 heterocycles. The predicted octanol–water partition coefficient (Wildman–Crippen LogP) is 3.36. The van der Waals surface area contributed by atoms with Gasteiger partial charge in [-0.2, -0.15) is 0 Å². The van der Waals surface area contributed by atoms with Crippen LogP contribution in [0.3, 0.4) is 0 Å². The monoisotopic (exact) mass is 351 g/mol. The third-order valence-electron chi connectivity index (χ3n) is 4.53. The average molecular weight is 351 g/mol. The molecule has 0 spiro atoms. The number of pyridine rings is 1. The molecule has 0 aliphatic carbocycles. The van der Waals surface area contributed by atoms with Crippen LogP contribution in [-0.2, 0) is 9.53 Å². The van der Waals surface area contributed by atoms with Gasteiger partial charge < -0.3 is 19.3 Å². The lowest BCUT2D eigenvalue weighted by atomic mass is 9.87. The fraction of sp³-hybridized carbons (Fsp3) is 0.200. The number of phenolic OH excluding ortho intramolecular Hbond substituents is 1. The highest BCUT2D eigenvalue weighted by molar-refractivity contribution is 5.80. The number of hydrogen-bond acceptors (Lipinski definition) is 6. The number of rotatable bonds is 4. The highest BCUT2D eigenvalue weighted by Crippen LogP contribution is 2.43. The topological polar surface area (TPSA) is 77.9 Å². The molecule has 1 aromatic heterocycles. The molecule has 4 rings (SSSR count). The zero-order valence-electron chi connectivity index (χ0n) is 14.1. The fourth-order valence-electron chi connectivity index (χ4n) is 3.19. The van der Waals surface area contributed by atoms with Gasteiger partial charge in [0, 0.05) is 29.1 Å². The first-order chi connectivity index (χ1) is 12.7. The van der Waals surface area contributed by atoms with Crippen molar-refractivity contribution >= 4 is 16.9 Å². The van der Waals surface area contributed by atoms with E-state index in [2.05, 4.69) is 4.98 Å². The van der Waals surface area contributed by atoms with E-state index >= 15 is 0 Å². The van der Waals surface area contributed by atoms with Gasteiger partial charge in [0.15, 0.2) is 11.5 Å². The second kappa shape index (κ2) is 6.55. The van der Waals surface area contributed by atoms with Crippen molar-refractivity contribution in [1.29, 1.82) is 0 Å². The zero-order chi connectivity index (χ0) is 18.1. The second-order valence-corrected chi connectivity index (χ2v) is 6.05. The van der Waals surface area contributed by atoms with E-state index in [0.717, 1.165) is 16.5 Å². The van der Waals surface area contributed by atoms with Gasteiger partial charge >= 0.3 is 5.97 Å². The molecule has 1 atom stereocenters. The summed E-state index contributed by atoms with van der Waals surface area (Å²) in [6.07, 6.45) is 1.83. The lowest BCUT2D eigenvalue weighted by Crippen LogP contribution is -2.10. The van der Waals surface area contributed by atoms with Crippen molar-refractivity contribution in [3.05, 3.63) is 59.8 Å². The van der Waals surface area contributed by atoms with Gasteiger partial charge in [0.2, 0.25) is 6.79 Å². The molecule has 0 amide bonds. The zero-order valence-corrected chi connectivity index (χ0v) is 14.1. The molecular weight excluding hydrogens is 334 g/mol. The van der Waals surface area contributed by atoms with E-state index in [4.69, 9.17) is 14.2 Å². The van der Waals surface area contributed by atoms with Crippen LogP contribution in [0.2, 0.25) is 0 Å². The van der Waals surface area contributed by atoms with Crippen molar-refractivity contribution in [2.75, 3.05) is 13.9 Å². The number of hydrogen-bond donors (Lipinski definition) is 1. The van der Waals surface area contributed by atoms with Crippen LogP contribution in [0.4, 0.5) is 0 Å². The summed E-state index contributed by atoms with van der Waals surface area (Å²) in [4.78, 5) is 16.3. The van der Waals surface area contributed by atoms with Crippen LogP contribution in [0.25, 0.3) is 10.9 Å². The van der Waals surface area contributed by atoms with Crippen LogP contribution in [-0.4, -0.2) is 30.0 Å². The maximum Gasteiger partial charge on any atom is 0.306 e. The Morgan fingerprint density at radius 1 is 1.23 bits per heavy atom. The first-order valence-corrected chi connectivity index (χ1v) is 8.19. The summed E-state index contributed by atoms with van der Waals surface area (Å²) in [6, 6.07) is 12.8. The smallest absolute Gasteiger partial charge is 0.306 e. The van der Waals surface area contributed by atoms with Gasteiger partial charge in [-0.1, -0.05) is 12.1 Å². The Morgan fingerprint density at radius 3 is 2.85 bits per heavy atom. The molecule has 6 heteroatoms. The number of methoxy groups -OCH3 is 1. The summed E-state index contributed by atoms with van der Waals surface area (Å²) in [5, 5.41) is 11.5. The van der Waals surface area contributed by atoms with Gasteiger partial charge in [-0.15, -0.1) is 0 Å². The maximum absolute atomic E-state index is 12.0. The Morgan fingerprint density at radius 2 is 2.04 bits per heavy atom. The van der Waals surface area contributed by atoms with Gasteiger partial charge in [-0.3, -0.25) is 9.78 Å². The molecule has 1 aliphatic heterocycles. The number of phenols is 1. The predicted molar refractivity (Wildman–Crippen MR) is 94.4 cm³/mol. The first-order valence-electron chi connectivity index (χ1n) is 8.19. The SMILES string of the molecule is COC(=O)CC(c1ccc2ncccc2c1)c1cc2c(cc1O)OCO2. The summed E-state index contributed by atoms with van der Waals surface area (Å²) >= 11 is 0. The van der Waals surface area contributed by atoms with Crippen LogP contribution in [0.1, 0.15) is 23.5 Å². The number of aromatic nitrogens is 1. The number of esters is 1. The minimum Gasteiger partial charge on any atom is -0.508 e. The standard InChI is InChI=1S/C20H17NO5/c1-24-20(23)9-14(12-4-5-16-13(7-12)3-2-6-21-16)15-8-18-19(10-17(15)22)26-11-25-18/h2-8,10,14,22H,9,11H2,1H3. The number of ether oxygens (including phenoxy) is 3. The molecule has 1 N–H and O–H groups in total. The molecular formula is C20H17NO5. The van der Waals surface area contributed by atoms with E-state index < -0.39 is 0 Å². The molecule has 2 aromatic carbocycles. The molecule has 132 valence electrons. The Hall–Kier alpha value is -3.28. The lowest BCUT2D eigenvalue weighted by Gasteiger charge is -2.19. The van der Waals surface area contributed by atoms with Crippen molar-refractivity contribution in [2.24, 2.45) is 0 Å². The molecule has 0 radical (unpaired) electrons. The van der Waals surface area contributed by atoms with Crippen LogP contribution < -0.4 is 9.47 Å². The third kappa shape index (κ3) is 2.90. The summed E-state index contributed by atoms with van der Waals surface area (Å²) in [6.45, 7) is 0.113. The van der Waals surface area contributed by atoms with E-state index in [9.17, 15) is 9.90 Å². The highest BCUT2D eigenvalue weighted by Gasteiger charge is 2.26. The summed E-state index contributed by atoms with van der Waals surface area (Å²) in [5.74, 6) is 0.343.